The van der Waals surface area contributed by atoms with E-state index in [2.05, 4.69) is 14.9 Å². The molecule has 0 atom stereocenters. The number of primary amides is 1. The molecule has 0 saturated heterocycles. The van der Waals surface area contributed by atoms with Crippen LogP contribution in [-0.4, -0.2) is 29.6 Å². The number of hydrogen-bond donors (Lipinski definition) is 4. The second-order valence-corrected chi connectivity index (χ2v) is 7.64. The highest BCUT2D eigenvalue weighted by Gasteiger charge is 2.21. The number of hydrogen-bond acceptors (Lipinski definition) is 5. The minimum atomic E-state index is -4.06. The quantitative estimate of drug-likeness (QED) is 0.526. The predicted molar refractivity (Wildman–Crippen MR) is 97.9 cm³/mol. The van der Waals surface area contributed by atoms with Crippen molar-refractivity contribution < 1.29 is 18.3 Å². The number of nitrogens with two attached hydrogens (primary N) is 1. The van der Waals surface area contributed by atoms with E-state index in [-0.39, 0.29) is 15.5 Å². The fourth-order valence-corrected chi connectivity index (χ4v) is 3.93. The van der Waals surface area contributed by atoms with Crippen LogP contribution in [0, 0.1) is 0 Å². The molecule has 3 rings (SSSR count). The SMILES string of the molecule is CCc1n[nH]c2cc(NS(=O)(=O)c3cc(Cl)c(O)c(C(N)=O)c3)ccc12. The lowest BCUT2D eigenvalue weighted by atomic mass is 10.2. The lowest BCUT2D eigenvalue weighted by Crippen LogP contribution is -2.16. The molecule has 5 N–H and O–H groups in total. The number of phenols is 1. The number of sulfonamides is 1. The number of aryl methyl sites for hydroxylation is 1. The molecule has 3 aromatic rings. The molecular formula is C16H15ClN4O4S. The van der Waals surface area contributed by atoms with E-state index in [1.165, 1.54) is 0 Å². The molecule has 1 heterocycles. The van der Waals surface area contributed by atoms with Crippen LogP contribution in [0.15, 0.2) is 35.2 Å². The summed E-state index contributed by atoms with van der Waals surface area (Å²) in [4.78, 5) is 11.1. The molecule has 1 amide bonds. The zero-order valence-corrected chi connectivity index (χ0v) is 15.1. The van der Waals surface area contributed by atoms with E-state index in [0.29, 0.717) is 11.2 Å². The second-order valence-electron chi connectivity index (χ2n) is 5.56. The van der Waals surface area contributed by atoms with Gasteiger partial charge in [-0.25, -0.2) is 8.42 Å². The normalized spacial score (nSPS) is 11.6. The van der Waals surface area contributed by atoms with Crippen LogP contribution in [-0.2, 0) is 16.4 Å². The average molecular weight is 395 g/mol. The van der Waals surface area contributed by atoms with Gasteiger partial charge in [0.05, 0.1) is 32.4 Å². The molecule has 2 aromatic carbocycles. The number of halogens is 1. The monoisotopic (exact) mass is 394 g/mol. The summed E-state index contributed by atoms with van der Waals surface area (Å²) in [5.74, 6) is -1.56. The van der Waals surface area contributed by atoms with Gasteiger partial charge in [-0.2, -0.15) is 5.10 Å². The van der Waals surface area contributed by atoms with Crippen LogP contribution >= 0.6 is 11.6 Å². The maximum atomic E-state index is 12.6. The number of aromatic hydroxyl groups is 1. The van der Waals surface area contributed by atoms with Gasteiger partial charge >= 0.3 is 0 Å². The van der Waals surface area contributed by atoms with Crippen molar-refractivity contribution in [3.05, 3.63) is 46.6 Å². The molecule has 0 aliphatic carbocycles. The number of carbonyl (C=O) groups excluding carboxylic acids is 1. The Balaban J connectivity index is 2.00. The van der Waals surface area contributed by atoms with Crippen molar-refractivity contribution in [2.45, 2.75) is 18.2 Å². The number of anilines is 1. The van der Waals surface area contributed by atoms with E-state index in [1.807, 2.05) is 6.92 Å². The van der Waals surface area contributed by atoms with Crippen LogP contribution in [0.1, 0.15) is 23.0 Å². The maximum absolute atomic E-state index is 12.6. The van der Waals surface area contributed by atoms with Crippen molar-refractivity contribution in [3.63, 3.8) is 0 Å². The van der Waals surface area contributed by atoms with E-state index in [0.717, 1.165) is 29.6 Å². The first-order chi connectivity index (χ1) is 12.2. The highest BCUT2D eigenvalue weighted by Crippen LogP contribution is 2.31. The molecule has 0 fully saturated rings. The van der Waals surface area contributed by atoms with Gasteiger partial charge in [-0.3, -0.25) is 14.6 Å². The summed E-state index contributed by atoms with van der Waals surface area (Å²) in [6.45, 7) is 1.97. The Kier molecular flexibility index (Phi) is 4.51. The molecule has 0 aliphatic rings. The molecule has 0 aliphatic heterocycles. The van der Waals surface area contributed by atoms with Crippen molar-refractivity contribution in [3.8, 4) is 5.75 Å². The molecule has 0 bridgehead atoms. The molecular weight excluding hydrogens is 380 g/mol. The fourth-order valence-electron chi connectivity index (χ4n) is 2.54. The molecule has 10 heteroatoms. The lowest BCUT2D eigenvalue weighted by molar-refractivity contribution is 0.0997. The summed E-state index contributed by atoms with van der Waals surface area (Å²) in [6, 6.07) is 6.97. The minimum Gasteiger partial charge on any atom is -0.506 e. The number of nitrogens with zero attached hydrogens (tertiary/aromatic N) is 1. The number of carbonyl (C=O) groups is 1. The van der Waals surface area contributed by atoms with E-state index in [1.54, 1.807) is 18.2 Å². The third kappa shape index (κ3) is 3.18. The minimum absolute atomic E-state index is 0.293. The van der Waals surface area contributed by atoms with Gasteiger partial charge in [-0.1, -0.05) is 18.5 Å². The number of benzene rings is 2. The van der Waals surface area contributed by atoms with Crippen molar-refractivity contribution in [2.75, 3.05) is 4.72 Å². The van der Waals surface area contributed by atoms with Gasteiger partial charge < -0.3 is 10.8 Å². The number of rotatable bonds is 5. The summed E-state index contributed by atoms with van der Waals surface area (Å²) < 4.78 is 27.6. The van der Waals surface area contributed by atoms with Gasteiger partial charge in [0, 0.05) is 5.39 Å². The molecule has 0 spiro atoms. The standard InChI is InChI=1S/C16H15ClN4O4S/c1-2-13-10-4-3-8(5-14(10)20-19-13)21-26(24,25)9-6-11(16(18)23)15(22)12(17)7-9/h3-7,21-22H,2H2,1H3,(H2,18,23)(H,19,20). The van der Waals surface area contributed by atoms with Crippen LogP contribution in [0.3, 0.4) is 0 Å². The third-order valence-corrected chi connectivity index (χ3v) is 5.49. The van der Waals surface area contributed by atoms with E-state index >= 15 is 0 Å². The second kappa shape index (κ2) is 6.50. The van der Waals surface area contributed by atoms with Crippen LogP contribution in [0.25, 0.3) is 10.9 Å². The topological polar surface area (TPSA) is 138 Å². The Hall–Kier alpha value is -2.78. The average Bonchev–Trinajstić information content (AvgIpc) is 2.98. The van der Waals surface area contributed by atoms with Gasteiger partial charge in [0.2, 0.25) is 0 Å². The van der Waals surface area contributed by atoms with Crippen LogP contribution in [0.4, 0.5) is 5.69 Å². The summed E-state index contributed by atoms with van der Waals surface area (Å²) in [5, 5.41) is 17.4. The molecule has 136 valence electrons. The Labute approximate surface area is 154 Å². The summed E-state index contributed by atoms with van der Waals surface area (Å²) >= 11 is 5.81. The van der Waals surface area contributed by atoms with Crippen molar-refractivity contribution in [1.82, 2.24) is 10.2 Å². The smallest absolute Gasteiger partial charge is 0.261 e. The molecule has 26 heavy (non-hydrogen) atoms. The highest BCUT2D eigenvalue weighted by molar-refractivity contribution is 7.92. The zero-order chi connectivity index (χ0) is 19.1. The Morgan fingerprint density at radius 2 is 2.08 bits per heavy atom. The first kappa shape index (κ1) is 18.0. The molecule has 8 nitrogen and oxygen atoms in total. The van der Waals surface area contributed by atoms with E-state index < -0.39 is 21.7 Å². The van der Waals surface area contributed by atoms with E-state index in [4.69, 9.17) is 17.3 Å². The van der Waals surface area contributed by atoms with Gasteiger partial charge in [0.15, 0.2) is 0 Å². The Bertz CT molecular complexity index is 1120. The number of amides is 1. The summed E-state index contributed by atoms with van der Waals surface area (Å²) in [6.07, 6.45) is 0.743. The molecule has 0 radical (unpaired) electrons. The largest absolute Gasteiger partial charge is 0.506 e. The lowest BCUT2D eigenvalue weighted by Gasteiger charge is -2.11. The number of aromatic amines is 1. The number of H-pyrrole nitrogens is 1. The third-order valence-electron chi connectivity index (χ3n) is 3.84. The first-order valence-corrected chi connectivity index (χ1v) is 9.41. The van der Waals surface area contributed by atoms with E-state index in [9.17, 15) is 18.3 Å². The molecule has 0 unspecified atom stereocenters. The van der Waals surface area contributed by atoms with Crippen molar-refractivity contribution in [1.29, 1.82) is 0 Å². The summed E-state index contributed by atoms with van der Waals surface area (Å²) in [7, 11) is -4.06. The molecule has 0 saturated carbocycles. The van der Waals surface area contributed by atoms with Crippen molar-refractivity contribution in [2.24, 2.45) is 5.73 Å². The van der Waals surface area contributed by atoms with Crippen LogP contribution in [0.2, 0.25) is 5.02 Å². The van der Waals surface area contributed by atoms with Crippen LogP contribution < -0.4 is 10.5 Å². The fraction of sp³-hybridized carbons (Fsp3) is 0.125. The van der Waals surface area contributed by atoms with Crippen LogP contribution in [0.5, 0.6) is 5.75 Å². The Morgan fingerprint density at radius 1 is 1.35 bits per heavy atom. The predicted octanol–water partition coefficient (Wildman–Crippen LogP) is 2.38. The van der Waals surface area contributed by atoms with Gasteiger partial charge in [-0.15, -0.1) is 0 Å². The van der Waals surface area contributed by atoms with Gasteiger partial charge in [0.1, 0.15) is 5.75 Å². The van der Waals surface area contributed by atoms with Crippen molar-refractivity contribution >= 4 is 44.1 Å². The Morgan fingerprint density at radius 3 is 2.73 bits per heavy atom. The van der Waals surface area contributed by atoms with Gasteiger partial charge in [-0.05, 0) is 36.8 Å². The molecule has 1 aromatic heterocycles. The highest BCUT2D eigenvalue weighted by atomic mass is 35.5. The van der Waals surface area contributed by atoms with Gasteiger partial charge in [0.25, 0.3) is 15.9 Å². The maximum Gasteiger partial charge on any atom is 0.261 e. The number of aromatic nitrogens is 2. The first-order valence-electron chi connectivity index (χ1n) is 7.55. The summed E-state index contributed by atoms with van der Waals surface area (Å²) in [5.41, 5.74) is 6.63. The zero-order valence-electron chi connectivity index (χ0n) is 13.6. The number of fused-ring (bicyclic) bond motifs is 1. The number of nitrogens with one attached hydrogen (secondary N) is 2.